The van der Waals surface area contributed by atoms with Crippen LogP contribution in [0.1, 0.15) is 5.56 Å². The van der Waals surface area contributed by atoms with E-state index in [1.807, 2.05) is 30.3 Å². The standard InChI is InChI=1S/C22H15BrClFN2O/c23-16-5-4-15-8-9-26-22(19(15)11-16)27-18-6-7-21(20(24)12-18)28-13-14-2-1-3-17(25)10-14/h1-12H,13H2,(H,26,27). The molecule has 28 heavy (non-hydrogen) atoms. The molecule has 0 aliphatic rings. The van der Waals surface area contributed by atoms with Crippen molar-refractivity contribution in [2.75, 3.05) is 5.32 Å². The number of halogens is 3. The minimum atomic E-state index is -0.291. The molecule has 0 fully saturated rings. The molecule has 0 unspecified atom stereocenters. The molecule has 140 valence electrons. The summed E-state index contributed by atoms with van der Waals surface area (Å²) < 4.78 is 20.0. The Hall–Kier alpha value is -2.63. The van der Waals surface area contributed by atoms with E-state index in [1.54, 1.807) is 30.5 Å². The molecule has 0 spiro atoms. The summed E-state index contributed by atoms with van der Waals surface area (Å²) in [5.41, 5.74) is 1.53. The van der Waals surface area contributed by atoms with Gasteiger partial charge in [0.2, 0.25) is 0 Å². The van der Waals surface area contributed by atoms with Crippen LogP contribution in [0.2, 0.25) is 5.02 Å². The molecule has 3 aromatic carbocycles. The molecule has 1 aromatic heterocycles. The summed E-state index contributed by atoms with van der Waals surface area (Å²) in [6, 6.07) is 19.7. The molecule has 4 rings (SSSR count). The van der Waals surface area contributed by atoms with E-state index in [0.29, 0.717) is 10.8 Å². The van der Waals surface area contributed by atoms with Gasteiger partial charge in [-0.3, -0.25) is 0 Å². The second-order valence-corrected chi connectivity index (χ2v) is 7.54. The van der Waals surface area contributed by atoms with Gasteiger partial charge in [-0.1, -0.05) is 45.7 Å². The van der Waals surface area contributed by atoms with Crippen LogP contribution in [-0.2, 0) is 6.61 Å². The first kappa shape index (κ1) is 18.7. The van der Waals surface area contributed by atoms with Crippen molar-refractivity contribution in [2.24, 2.45) is 0 Å². The molecular weight excluding hydrogens is 443 g/mol. The Morgan fingerprint density at radius 3 is 2.75 bits per heavy atom. The molecule has 0 amide bonds. The zero-order valence-corrected chi connectivity index (χ0v) is 17.0. The lowest BCUT2D eigenvalue weighted by Gasteiger charge is -2.12. The Kier molecular flexibility index (Phi) is 5.46. The fraction of sp³-hybridized carbons (Fsp3) is 0.0455. The number of hydrogen-bond donors (Lipinski definition) is 1. The molecule has 4 aromatic rings. The predicted octanol–water partition coefficient (Wildman–Crippen LogP) is 7.11. The summed E-state index contributed by atoms with van der Waals surface area (Å²) in [7, 11) is 0. The monoisotopic (exact) mass is 456 g/mol. The summed E-state index contributed by atoms with van der Waals surface area (Å²) in [5.74, 6) is 0.981. The largest absolute Gasteiger partial charge is 0.487 e. The fourth-order valence-corrected chi connectivity index (χ4v) is 3.46. The number of pyridine rings is 1. The number of nitrogens with zero attached hydrogens (tertiary/aromatic N) is 1. The van der Waals surface area contributed by atoms with Crippen molar-refractivity contribution in [1.29, 1.82) is 0 Å². The number of aromatic nitrogens is 1. The average molecular weight is 458 g/mol. The van der Waals surface area contributed by atoms with Crippen LogP contribution >= 0.6 is 27.5 Å². The van der Waals surface area contributed by atoms with Crippen molar-refractivity contribution in [1.82, 2.24) is 4.98 Å². The van der Waals surface area contributed by atoms with Crippen LogP contribution in [0.5, 0.6) is 5.75 Å². The second kappa shape index (κ2) is 8.17. The van der Waals surface area contributed by atoms with Gasteiger partial charge in [0.25, 0.3) is 0 Å². The molecule has 0 saturated carbocycles. The molecule has 6 heteroatoms. The topological polar surface area (TPSA) is 34.1 Å². The summed E-state index contributed by atoms with van der Waals surface area (Å²) in [5, 5.41) is 5.85. The van der Waals surface area contributed by atoms with E-state index in [1.165, 1.54) is 12.1 Å². The van der Waals surface area contributed by atoms with Crippen molar-refractivity contribution >= 4 is 49.8 Å². The Morgan fingerprint density at radius 2 is 1.93 bits per heavy atom. The number of rotatable bonds is 5. The van der Waals surface area contributed by atoms with Gasteiger partial charge >= 0.3 is 0 Å². The maximum Gasteiger partial charge on any atom is 0.138 e. The van der Waals surface area contributed by atoms with Gasteiger partial charge in [0, 0.05) is 21.7 Å². The zero-order valence-electron chi connectivity index (χ0n) is 14.6. The van der Waals surface area contributed by atoms with E-state index in [0.717, 1.165) is 32.3 Å². The molecule has 1 heterocycles. The highest BCUT2D eigenvalue weighted by molar-refractivity contribution is 9.10. The van der Waals surface area contributed by atoms with E-state index >= 15 is 0 Å². The van der Waals surface area contributed by atoms with E-state index in [-0.39, 0.29) is 12.4 Å². The predicted molar refractivity (Wildman–Crippen MR) is 115 cm³/mol. The first-order chi connectivity index (χ1) is 13.6. The van der Waals surface area contributed by atoms with E-state index < -0.39 is 0 Å². The van der Waals surface area contributed by atoms with Crippen LogP contribution in [0.25, 0.3) is 10.8 Å². The highest BCUT2D eigenvalue weighted by atomic mass is 79.9. The van der Waals surface area contributed by atoms with E-state index in [2.05, 4.69) is 26.2 Å². The molecular formula is C22H15BrClFN2O. The van der Waals surface area contributed by atoms with E-state index in [4.69, 9.17) is 16.3 Å². The first-order valence-electron chi connectivity index (χ1n) is 8.56. The average Bonchev–Trinajstić information content (AvgIpc) is 2.68. The smallest absolute Gasteiger partial charge is 0.138 e. The lowest BCUT2D eigenvalue weighted by atomic mass is 10.1. The zero-order chi connectivity index (χ0) is 19.5. The van der Waals surface area contributed by atoms with Crippen molar-refractivity contribution < 1.29 is 9.13 Å². The van der Waals surface area contributed by atoms with Crippen LogP contribution in [0.4, 0.5) is 15.9 Å². The lowest BCUT2D eigenvalue weighted by Crippen LogP contribution is -1.98. The Bertz CT molecular complexity index is 1150. The minimum Gasteiger partial charge on any atom is -0.487 e. The van der Waals surface area contributed by atoms with Crippen molar-refractivity contribution in [2.45, 2.75) is 6.61 Å². The maximum atomic E-state index is 13.3. The molecule has 1 N–H and O–H groups in total. The number of anilines is 2. The summed E-state index contributed by atoms with van der Waals surface area (Å²) in [6.07, 6.45) is 1.76. The van der Waals surface area contributed by atoms with Gasteiger partial charge in [0.05, 0.1) is 5.02 Å². The highest BCUT2D eigenvalue weighted by Gasteiger charge is 2.07. The Morgan fingerprint density at radius 1 is 1.04 bits per heavy atom. The Labute approximate surface area is 175 Å². The highest BCUT2D eigenvalue weighted by Crippen LogP contribution is 2.32. The first-order valence-corrected chi connectivity index (χ1v) is 9.74. The van der Waals surface area contributed by atoms with Gasteiger partial charge in [-0.2, -0.15) is 0 Å². The third kappa shape index (κ3) is 4.26. The van der Waals surface area contributed by atoms with Gasteiger partial charge in [0.15, 0.2) is 0 Å². The molecule has 0 radical (unpaired) electrons. The summed E-state index contributed by atoms with van der Waals surface area (Å²) >= 11 is 9.87. The number of hydrogen-bond acceptors (Lipinski definition) is 3. The molecule has 0 atom stereocenters. The quantitative estimate of drug-likeness (QED) is 0.347. The molecule has 0 saturated heterocycles. The number of benzene rings is 3. The van der Waals surface area contributed by atoms with Gasteiger partial charge in [-0.05, 0) is 59.5 Å². The van der Waals surface area contributed by atoms with Gasteiger partial charge in [0.1, 0.15) is 24.0 Å². The van der Waals surface area contributed by atoms with Gasteiger partial charge in [-0.25, -0.2) is 9.37 Å². The lowest BCUT2D eigenvalue weighted by molar-refractivity contribution is 0.306. The van der Waals surface area contributed by atoms with Crippen LogP contribution < -0.4 is 10.1 Å². The SMILES string of the molecule is Fc1cccc(COc2ccc(Nc3nccc4ccc(Br)cc34)cc2Cl)c1. The van der Waals surface area contributed by atoms with Crippen molar-refractivity contribution in [3.63, 3.8) is 0 Å². The molecule has 3 nitrogen and oxygen atoms in total. The molecule has 0 aliphatic heterocycles. The minimum absolute atomic E-state index is 0.239. The van der Waals surface area contributed by atoms with Gasteiger partial charge in [-0.15, -0.1) is 0 Å². The number of fused-ring (bicyclic) bond motifs is 1. The van der Waals surface area contributed by atoms with E-state index in [9.17, 15) is 4.39 Å². The summed E-state index contributed by atoms with van der Waals surface area (Å²) in [4.78, 5) is 4.44. The van der Waals surface area contributed by atoms with Crippen molar-refractivity contribution in [3.05, 3.63) is 93.8 Å². The summed E-state index contributed by atoms with van der Waals surface area (Å²) in [6.45, 7) is 0.239. The van der Waals surface area contributed by atoms with Crippen molar-refractivity contribution in [3.8, 4) is 5.75 Å². The van der Waals surface area contributed by atoms with Crippen LogP contribution in [0.15, 0.2) is 77.4 Å². The third-order valence-corrected chi connectivity index (χ3v) is 4.99. The molecule has 0 aliphatic carbocycles. The maximum absolute atomic E-state index is 13.3. The Balaban J connectivity index is 1.53. The van der Waals surface area contributed by atoms with Crippen LogP contribution in [-0.4, -0.2) is 4.98 Å². The fourth-order valence-electron chi connectivity index (χ4n) is 2.86. The molecule has 0 bridgehead atoms. The number of nitrogens with one attached hydrogen (secondary N) is 1. The normalized spacial score (nSPS) is 10.8. The third-order valence-electron chi connectivity index (χ3n) is 4.21. The second-order valence-electron chi connectivity index (χ2n) is 6.21. The van der Waals surface area contributed by atoms with Gasteiger partial charge < -0.3 is 10.1 Å². The van der Waals surface area contributed by atoms with Crippen LogP contribution in [0.3, 0.4) is 0 Å². The number of ether oxygens (including phenoxy) is 1. The van der Waals surface area contributed by atoms with Crippen LogP contribution in [0, 0.1) is 5.82 Å².